The number of hydrogen-bond donors (Lipinski definition) is 0. The molecule has 5 heteroatoms. The Kier molecular flexibility index (Phi) is 4.61. The van der Waals surface area contributed by atoms with Crippen molar-refractivity contribution in [1.82, 2.24) is 0 Å². The van der Waals surface area contributed by atoms with Crippen molar-refractivity contribution in [3.63, 3.8) is 0 Å². The van der Waals surface area contributed by atoms with E-state index in [9.17, 15) is 4.39 Å². The third-order valence-electron chi connectivity index (χ3n) is 3.65. The highest BCUT2D eigenvalue weighted by atomic mass is 79.9. The maximum atomic E-state index is 14.4. The van der Waals surface area contributed by atoms with Gasteiger partial charge in [-0.25, -0.2) is 4.39 Å². The number of ether oxygens (including phenoxy) is 2. The number of halogens is 2. The van der Waals surface area contributed by atoms with E-state index in [0.717, 1.165) is 22.6 Å². The van der Waals surface area contributed by atoms with E-state index in [4.69, 9.17) is 13.9 Å². The molecule has 0 amide bonds. The molecular formula is C16H18BrFO3. The summed E-state index contributed by atoms with van der Waals surface area (Å²) < 4.78 is 30.3. The molecule has 1 aromatic carbocycles. The largest absolute Gasteiger partial charge is 0.493 e. The van der Waals surface area contributed by atoms with Crippen LogP contribution in [0.5, 0.6) is 11.5 Å². The molecule has 0 N–H and O–H groups in total. The van der Waals surface area contributed by atoms with Crippen LogP contribution in [0.25, 0.3) is 0 Å². The summed E-state index contributed by atoms with van der Waals surface area (Å²) in [7, 11) is 3.01. The zero-order chi connectivity index (χ0) is 15.7. The monoisotopic (exact) mass is 356 g/mol. The second-order valence-corrected chi connectivity index (χ2v) is 5.76. The number of alkyl halides is 1. The van der Waals surface area contributed by atoms with Crippen molar-refractivity contribution in [3.05, 3.63) is 46.2 Å². The van der Waals surface area contributed by atoms with Gasteiger partial charge in [-0.1, -0.05) is 15.9 Å². The van der Waals surface area contributed by atoms with Crippen molar-refractivity contribution in [2.24, 2.45) is 0 Å². The Bertz CT molecular complexity index is 664. The molecule has 0 saturated heterocycles. The summed E-state index contributed by atoms with van der Waals surface area (Å²) in [5.41, 5.74) is 2.45. The van der Waals surface area contributed by atoms with Gasteiger partial charge in [-0.3, -0.25) is 0 Å². The lowest BCUT2D eigenvalue weighted by atomic mass is 10.00. The van der Waals surface area contributed by atoms with Crippen LogP contribution in [0.3, 0.4) is 0 Å². The lowest BCUT2D eigenvalue weighted by Crippen LogP contribution is -2.01. The van der Waals surface area contributed by atoms with E-state index < -0.39 is 0 Å². The van der Waals surface area contributed by atoms with Gasteiger partial charge in [-0.2, -0.15) is 0 Å². The van der Waals surface area contributed by atoms with E-state index in [1.165, 1.54) is 20.3 Å². The Balaban J connectivity index is 2.55. The molecule has 0 saturated carbocycles. The molecule has 0 spiro atoms. The average molecular weight is 357 g/mol. The molecule has 3 nitrogen and oxygen atoms in total. The summed E-state index contributed by atoms with van der Waals surface area (Å²) >= 11 is 3.57. The van der Waals surface area contributed by atoms with Gasteiger partial charge in [0, 0.05) is 17.2 Å². The quantitative estimate of drug-likeness (QED) is 0.734. The highest BCUT2D eigenvalue weighted by Gasteiger charge is 2.24. The highest BCUT2D eigenvalue weighted by molar-refractivity contribution is 9.09. The Morgan fingerprint density at radius 3 is 2.10 bits per heavy atom. The second kappa shape index (κ2) is 6.10. The zero-order valence-electron chi connectivity index (χ0n) is 12.7. The van der Waals surface area contributed by atoms with E-state index >= 15 is 0 Å². The van der Waals surface area contributed by atoms with Crippen LogP contribution in [0.15, 0.2) is 16.5 Å². The first-order valence-electron chi connectivity index (χ1n) is 6.52. The van der Waals surface area contributed by atoms with Crippen molar-refractivity contribution < 1.29 is 18.3 Å². The zero-order valence-corrected chi connectivity index (χ0v) is 14.3. The minimum absolute atomic E-state index is 0.310. The van der Waals surface area contributed by atoms with Crippen LogP contribution in [0.4, 0.5) is 4.39 Å². The van der Waals surface area contributed by atoms with Gasteiger partial charge in [0.25, 0.3) is 0 Å². The summed E-state index contributed by atoms with van der Waals surface area (Å²) in [6.45, 7) is 5.74. The van der Waals surface area contributed by atoms with E-state index in [1.807, 2.05) is 20.8 Å². The van der Waals surface area contributed by atoms with Gasteiger partial charge in [0.15, 0.2) is 11.5 Å². The summed E-state index contributed by atoms with van der Waals surface area (Å²) in [6.07, 6.45) is 0. The van der Waals surface area contributed by atoms with Crippen LogP contribution in [0.1, 0.15) is 33.0 Å². The lowest BCUT2D eigenvalue weighted by Gasteiger charge is -2.15. The maximum Gasteiger partial charge on any atom is 0.163 e. The van der Waals surface area contributed by atoms with E-state index in [-0.39, 0.29) is 10.6 Å². The number of methoxy groups -OCH3 is 2. The molecule has 2 aromatic rings. The molecule has 114 valence electrons. The Morgan fingerprint density at radius 2 is 1.62 bits per heavy atom. The standard InChI is InChI=1S/C16H18BrFO3/c1-8-9(2)21-10(3)15(8)16(17)11-6-13(19-4)14(20-5)7-12(11)18/h6-7,16H,1-5H3. The van der Waals surface area contributed by atoms with Crippen LogP contribution in [-0.2, 0) is 0 Å². The van der Waals surface area contributed by atoms with Gasteiger partial charge in [0.2, 0.25) is 0 Å². The number of benzene rings is 1. The molecule has 0 fully saturated rings. The number of hydrogen-bond acceptors (Lipinski definition) is 3. The van der Waals surface area contributed by atoms with Crippen molar-refractivity contribution >= 4 is 15.9 Å². The minimum atomic E-state index is -0.354. The molecule has 0 aliphatic rings. The fourth-order valence-corrected chi connectivity index (χ4v) is 3.42. The van der Waals surface area contributed by atoms with E-state index in [0.29, 0.717) is 17.1 Å². The van der Waals surface area contributed by atoms with Gasteiger partial charge < -0.3 is 13.9 Å². The third-order valence-corrected chi connectivity index (χ3v) is 4.60. The fourth-order valence-electron chi connectivity index (χ4n) is 2.40. The molecular weight excluding hydrogens is 339 g/mol. The third kappa shape index (κ3) is 2.79. The Hall–Kier alpha value is -1.49. The number of furan rings is 1. The predicted octanol–water partition coefficient (Wildman–Crippen LogP) is 4.85. The smallest absolute Gasteiger partial charge is 0.163 e. The van der Waals surface area contributed by atoms with Gasteiger partial charge in [-0.15, -0.1) is 0 Å². The minimum Gasteiger partial charge on any atom is -0.493 e. The van der Waals surface area contributed by atoms with Gasteiger partial charge >= 0.3 is 0 Å². The Labute approximate surface area is 132 Å². The topological polar surface area (TPSA) is 31.6 Å². The molecule has 0 aliphatic heterocycles. The summed E-state index contributed by atoms with van der Waals surface area (Å²) in [4.78, 5) is -0.310. The van der Waals surface area contributed by atoms with Crippen molar-refractivity contribution in [2.45, 2.75) is 25.6 Å². The summed E-state index contributed by atoms with van der Waals surface area (Å²) in [5, 5.41) is 0. The maximum absolute atomic E-state index is 14.4. The van der Waals surface area contributed by atoms with E-state index in [2.05, 4.69) is 15.9 Å². The van der Waals surface area contributed by atoms with Crippen LogP contribution in [0, 0.1) is 26.6 Å². The molecule has 0 radical (unpaired) electrons. The van der Waals surface area contributed by atoms with Crippen molar-refractivity contribution in [3.8, 4) is 11.5 Å². The second-order valence-electron chi connectivity index (χ2n) is 4.84. The number of aryl methyl sites for hydroxylation is 2. The lowest BCUT2D eigenvalue weighted by molar-refractivity contribution is 0.351. The molecule has 0 aliphatic carbocycles. The average Bonchev–Trinajstić information content (AvgIpc) is 2.71. The van der Waals surface area contributed by atoms with Crippen molar-refractivity contribution in [1.29, 1.82) is 0 Å². The van der Waals surface area contributed by atoms with E-state index in [1.54, 1.807) is 6.07 Å². The SMILES string of the molecule is COc1cc(F)c(C(Br)c2c(C)oc(C)c2C)cc1OC. The summed E-state index contributed by atoms with van der Waals surface area (Å²) in [5.74, 6) is 2.13. The Morgan fingerprint density at radius 1 is 1.05 bits per heavy atom. The number of rotatable bonds is 4. The molecule has 21 heavy (non-hydrogen) atoms. The molecule has 2 rings (SSSR count). The fraction of sp³-hybridized carbons (Fsp3) is 0.375. The molecule has 1 heterocycles. The predicted molar refractivity (Wildman–Crippen MR) is 83.2 cm³/mol. The molecule has 0 bridgehead atoms. The highest BCUT2D eigenvalue weighted by Crippen LogP contribution is 2.41. The van der Waals surface area contributed by atoms with Crippen LogP contribution < -0.4 is 9.47 Å². The van der Waals surface area contributed by atoms with Gasteiger partial charge in [-0.05, 0) is 32.4 Å². The van der Waals surface area contributed by atoms with Gasteiger partial charge in [0.1, 0.15) is 17.3 Å². The van der Waals surface area contributed by atoms with Crippen LogP contribution >= 0.6 is 15.9 Å². The molecule has 1 atom stereocenters. The van der Waals surface area contributed by atoms with Crippen molar-refractivity contribution in [2.75, 3.05) is 14.2 Å². The molecule has 1 aromatic heterocycles. The van der Waals surface area contributed by atoms with Gasteiger partial charge in [0.05, 0.1) is 19.0 Å². The first-order valence-corrected chi connectivity index (χ1v) is 7.44. The normalized spacial score (nSPS) is 12.3. The molecule has 1 unspecified atom stereocenters. The summed E-state index contributed by atoms with van der Waals surface area (Å²) in [6, 6.07) is 2.98. The van der Waals surface area contributed by atoms with Crippen LogP contribution in [-0.4, -0.2) is 14.2 Å². The first kappa shape index (κ1) is 15.9. The first-order chi connectivity index (χ1) is 9.90. The van der Waals surface area contributed by atoms with Crippen LogP contribution in [0.2, 0.25) is 0 Å².